The highest BCUT2D eigenvalue weighted by Gasteiger charge is 2.31. The van der Waals surface area contributed by atoms with Gasteiger partial charge in [0.2, 0.25) is 5.95 Å². The zero-order valence-corrected chi connectivity index (χ0v) is 10.7. The number of anilines is 1. The minimum atomic E-state index is -0.488. The quantitative estimate of drug-likeness (QED) is 0.653. The van der Waals surface area contributed by atoms with Crippen molar-refractivity contribution in [2.75, 3.05) is 18.4 Å². The van der Waals surface area contributed by atoms with Crippen molar-refractivity contribution in [3.63, 3.8) is 0 Å². The maximum Gasteiger partial charge on any atom is 0.305 e. The topological polar surface area (TPSA) is 84.2 Å². The van der Waals surface area contributed by atoms with Gasteiger partial charge in [0.05, 0.1) is 4.92 Å². The third-order valence-corrected chi connectivity index (χ3v) is 3.78. The molecule has 1 saturated carbocycles. The molecule has 3 rings (SSSR count). The molecule has 0 bridgehead atoms. The summed E-state index contributed by atoms with van der Waals surface area (Å²) in [5, 5.41) is 13.8. The maximum atomic E-state index is 10.5. The Morgan fingerprint density at radius 1 is 1.21 bits per heavy atom. The van der Waals surface area contributed by atoms with E-state index < -0.39 is 4.92 Å². The second-order valence-corrected chi connectivity index (χ2v) is 5.21. The van der Waals surface area contributed by atoms with E-state index in [1.807, 2.05) is 0 Å². The molecule has 0 aromatic carbocycles. The van der Waals surface area contributed by atoms with Crippen LogP contribution in [0.25, 0.3) is 0 Å². The second kappa shape index (κ2) is 5.08. The molecule has 2 heterocycles. The zero-order chi connectivity index (χ0) is 13.2. The van der Waals surface area contributed by atoms with Crippen molar-refractivity contribution < 1.29 is 4.92 Å². The van der Waals surface area contributed by atoms with Crippen molar-refractivity contribution >= 4 is 11.6 Å². The molecule has 1 aliphatic carbocycles. The Morgan fingerprint density at radius 3 is 2.37 bits per heavy atom. The highest BCUT2D eigenvalue weighted by Crippen LogP contribution is 2.29. The summed E-state index contributed by atoms with van der Waals surface area (Å²) in [6, 6.07) is 1.20. The number of nitrogens with one attached hydrogen (secondary N) is 1. The van der Waals surface area contributed by atoms with Crippen LogP contribution in [-0.2, 0) is 0 Å². The standard InChI is InChI=1S/C12H17N5O2/c18-17(19)11-7-13-12(14-8-11)15-9-3-5-16(6-4-9)10-1-2-10/h7-10H,1-6H2,(H,13,14,15). The van der Waals surface area contributed by atoms with Crippen molar-refractivity contribution in [2.45, 2.75) is 37.8 Å². The third kappa shape index (κ3) is 2.98. The normalized spacial score (nSPS) is 21.3. The van der Waals surface area contributed by atoms with E-state index in [0.29, 0.717) is 12.0 Å². The predicted molar refractivity (Wildman–Crippen MR) is 69.9 cm³/mol. The molecule has 0 radical (unpaired) electrons. The fraction of sp³-hybridized carbons (Fsp3) is 0.667. The molecule has 2 aliphatic rings. The average Bonchev–Trinajstić information content (AvgIpc) is 3.25. The van der Waals surface area contributed by atoms with E-state index in [9.17, 15) is 10.1 Å². The number of hydrogen-bond acceptors (Lipinski definition) is 6. The van der Waals surface area contributed by atoms with E-state index in [-0.39, 0.29) is 5.69 Å². The summed E-state index contributed by atoms with van der Waals surface area (Å²) in [5.74, 6) is 0.482. The minimum Gasteiger partial charge on any atom is -0.351 e. The lowest BCUT2D eigenvalue weighted by atomic mass is 10.1. The van der Waals surface area contributed by atoms with Gasteiger partial charge in [-0.25, -0.2) is 9.97 Å². The Labute approximate surface area is 111 Å². The fourth-order valence-corrected chi connectivity index (χ4v) is 2.52. The highest BCUT2D eigenvalue weighted by atomic mass is 16.6. The Balaban J connectivity index is 1.52. The van der Waals surface area contributed by atoms with Crippen LogP contribution in [0.1, 0.15) is 25.7 Å². The van der Waals surface area contributed by atoms with Gasteiger partial charge in [-0.3, -0.25) is 10.1 Å². The van der Waals surface area contributed by atoms with Gasteiger partial charge in [0.25, 0.3) is 0 Å². The van der Waals surface area contributed by atoms with E-state index in [1.54, 1.807) is 0 Å². The lowest BCUT2D eigenvalue weighted by Crippen LogP contribution is -2.40. The van der Waals surface area contributed by atoms with Crippen molar-refractivity contribution in [3.8, 4) is 0 Å². The molecule has 1 aromatic rings. The van der Waals surface area contributed by atoms with Crippen molar-refractivity contribution in [2.24, 2.45) is 0 Å². The predicted octanol–water partition coefficient (Wildman–Crippen LogP) is 1.42. The molecule has 1 N–H and O–H groups in total. The molecule has 0 atom stereocenters. The molecular weight excluding hydrogens is 246 g/mol. The van der Waals surface area contributed by atoms with Crippen LogP contribution >= 0.6 is 0 Å². The van der Waals surface area contributed by atoms with Crippen LogP contribution in [0.3, 0.4) is 0 Å². The number of rotatable bonds is 4. The van der Waals surface area contributed by atoms with Crippen LogP contribution in [0.4, 0.5) is 11.6 Å². The smallest absolute Gasteiger partial charge is 0.305 e. The summed E-state index contributed by atoms with van der Waals surface area (Å²) >= 11 is 0. The van der Waals surface area contributed by atoms with E-state index in [1.165, 1.54) is 25.2 Å². The summed E-state index contributed by atoms with van der Waals surface area (Å²) in [5.41, 5.74) is -0.0749. The summed E-state index contributed by atoms with van der Waals surface area (Å²) in [7, 11) is 0. The van der Waals surface area contributed by atoms with Gasteiger partial charge in [-0.05, 0) is 25.7 Å². The van der Waals surface area contributed by atoms with Crippen LogP contribution < -0.4 is 5.32 Å². The van der Waals surface area contributed by atoms with Crippen molar-refractivity contribution in [1.82, 2.24) is 14.9 Å². The minimum absolute atomic E-state index is 0.0749. The average molecular weight is 263 g/mol. The SMILES string of the molecule is O=[N+]([O-])c1cnc(NC2CCN(C3CC3)CC2)nc1. The number of nitro groups is 1. The first-order valence-electron chi connectivity index (χ1n) is 6.69. The number of nitrogens with zero attached hydrogens (tertiary/aromatic N) is 4. The van der Waals surface area contributed by atoms with E-state index >= 15 is 0 Å². The summed E-state index contributed by atoms with van der Waals surface area (Å²) < 4.78 is 0. The summed E-state index contributed by atoms with van der Waals surface area (Å²) in [4.78, 5) is 20.5. The molecule has 0 amide bonds. The van der Waals surface area contributed by atoms with Crippen LogP contribution in [0, 0.1) is 10.1 Å². The first kappa shape index (κ1) is 12.3. The molecule has 2 fully saturated rings. The second-order valence-electron chi connectivity index (χ2n) is 5.21. The Morgan fingerprint density at radius 2 is 1.84 bits per heavy atom. The number of piperidine rings is 1. The molecule has 7 nitrogen and oxygen atoms in total. The van der Waals surface area contributed by atoms with Crippen LogP contribution in [-0.4, -0.2) is 45.0 Å². The van der Waals surface area contributed by atoms with Gasteiger partial charge in [0.15, 0.2) is 0 Å². The van der Waals surface area contributed by atoms with Crippen molar-refractivity contribution in [1.29, 1.82) is 0 Å². The van der Waals surface area contributed by atoms with Gasteiger partial charge in [0, 0.05) is 25.2 Å². The molecule has 0 unspecified atom stereocenters. The number of likely N-dealkylation sites (tertiary alicyclic amines) is 1. The number of aromatic nitrogens is 2. The zero-order valence-electron chi connectivity index (χ0n) is 10.7. The molecule has 7 heteroatoms. The molecule has 0 spiro atoms. The van der Waals surface area contributed by atoms with Crippen LogP contribution in [0.15, 0.2) is 12.4 Å². The molecule has 102 valence electrons. The summed E-state index contributed by atoms with van der Waals surface area (Å²) in [6.45, 7) is 2.24. The van der Waals surface area contributed by atoms with E-state index in [4.69, 9.17) is 0 Å². The van der Waals surface area contributed by atoms with Gasteiger partial charge >= 0.3 is 5.69 Å². The molecule has 1 saturated heterocycles. The number of hydrogen-bond donors (Lipinski definition) is 1. The Kier molecular flexibility index (Phi) is 3.29. The maximum absolute atomic E-state index is 10.5. The fourth-order valence-electron chi connectivity index (χ4n) is 2.52. The molecule has 1 aromatic heterocycles. The molecule has 1 aliphatic heterocycles. The van der Waals surface area contributed by atoms with Crippen LogP contribution in [0.5, 0.6) is 0 Å². The first-order valence-corrected chi connectivity index (χ1v) is 6.69. The lowest BCUT2D eigenvalue weighted by molar-refractivity contribution is -0.385. The van der Waals surface area contributed by atoms with Gasteiger partial charge in [-0.2, -0.15) is 0 Å². The summed E-state index contributed by atoms with van der Waals surface area (Å²) in [6.07, 6.45) is 7.35. The van der Waals surface area contributed by atoms with Gasteiger partial charge in [-0.15, -0.1) is 0 Å². The van der Waals surface area contributed by atoms with E-state index in [0.717, 1.165) is 32.0 Å². The Hall–Kier alpha value is -1.76. The van der Waals surface area contributed by atoms with E-state index in [2.05, 4.69) is 20.2 Å². The third-order valence-electron chi connectivity index (χ3n) is 3.78. The first-order chi connectivity index (χ1) is 9.22. The monoisotopic (exact) mass is 263 g/mol. The highest BCUT2D eigenvalue weighted by molar-refractivity contribution is 5.31. The van der Waals surface area contributed by atoms with Gasteiger partial charge in [0.1, 0.15) is 12.4 Å². The largest absolute Gasteiger partial charge is 0.351 e. The molecular formula is C12H17N5O2. The lowest BCUT2D eigenvalue weighted by Gasteiger charge is -2.32. The van der Waals surface area contributed by atoms with Crippen molar-refractivity contribution in [3.05, 3.63) is 22.5 Å². The molecule has 19 heavy (non-hydrogen) atoms. The van der Waals surface area contributed by atoms with Crippen LogP contribution in [0.2, 0.25) is 0 Å². The van der Waals surface area contributed by atoms with Gasteiger partial charge in [-0.1, -0.05) is 0 Å². The van der Waals surface area contributed by atoms with Gasteiger partial charge < -0.3 is 10.2 Å². The Bertz CT molecular complexity index is 452.